The van der Waals surface area contributed by atoms with Gasteiger partial charge in [0.2, 0.25) is 0 Å². The fourth-order valence-corrected chi connectivity index (χ4v) is 4.87. The van der Waals surface area contributed by atoms with Crippen LogP contribution in [-0.4, -0.2) is 22.0 Å². The molecular formula is C24H13ClF5N3S. The summed E-state index contributed by atoms with van der Waals surface area (Å²) in [5.74, 6) is -1.33. The van der Waals surface area contributed by atoms with Crippen molar-refractivity contribution in [1.82, 2.24) is 9.78 Å². The highest BCUT2D eigenvalue weighted by Crippen LogP contribution is 2.43. The summed E-state index contributed by atoms with van der Waals surface area (Å²) in [5.41, 5.74) is -0.0226. The Balaban J connectivity index is 1.77. The minimum Gasteiger partial charge on any atom is -0.279 e. The van der Waals surface area contributed by atoms with Crippen LogP contribution in [0.2, 0.25) is 5.02 Å². The lowest BCUT2D eigenvalue weighted by molar-refractivity contribution is -0.143. The molecule has 0 fully saturated rings. The predicted molar refractivity (Wildman–Crippen MR) is 122 cm³/mol. The maximum atomic E-state index is 14.8. The first-order valence-electron chi connectivity index (χ1n) is 9.92. The standard InChI is InChI=1S/C24H13ClF5N3S/c25-18-5-2-6-19(27)21(18)22-20(13-7-8-34-12-13)16(10-31-22)17-11-32-33(23(17)24(28,29)30)15-4-1-3-14(26)9-15/h1-9,11-12H,10H2. The van der Waals surface area contributed by atoms with E-state index >= 15 is 0 Å². The highest BCUT2D eigenvalue weighted by atomic mass is 35.5. The van der Waals surface area contributed by atoms with Gasteiger partial charge in [-0.05, 0) is 58.3 Å². The molecule has 0 saturated carbocycles. The summed E-state index contributed by atoms with van der Waals surface area (Å²) in [6, 6.07) is 10.6. The Morgan fingerprint density at radius 2 is 1.82 bits per heavy atom. The van der Waals surface area contributed by atoms with Crippen molar-refractivity contribution in [3.05, 3.63) is 105 Å². The SMILES string of the molecule is Fc1cccc(-n2ncc(C3=C(c4ccsc4)C(c4c(F)cccc4Cl)=NC3)c2C(F)(F)F)c1. The first kappa shape index (κ1) is 22.5. The van der Waals surface area contributed by atoms with Crippen LogP contribution in [0, 0.1) is 11.6 Å². The van der Waals surface area contributed by atoms with E-state index in [1.807, 2.05) is 0 Å². The summed E-state index contributed by atoms with van der Waals surface area (Å²) in [7, 11) is 0. The van der Waals surface area contributed by atoms with Crippen LogP contribution in [0.1, 0.15) is 22.4 Å². The van der Waals surface area contributed by atoms with Gasteiger partial charge in [0.15, 0.2) is 5.69 Å². The predicted octanol–water partition coefficient (Wildman–Crippen LogP) is 7.30. The molecule has 2 aromatic carbocycles. The van der Waals surface area contributed by atoms with Crippen molar-refractivity contribution in [2.24, 2.45) is 4.99 Å². The summed E-state index contributed by atoms with van der Waals surface area (Å²) in [6.45, 7) is -0.136. The van der Waals surface area contributed by atoms with Gasteiger partial charge in [0.05, 0.1) is 34.7 Å². The molecule has 0 bridgehead atoms. The summed E-state index contributed by atoms with van der Waals surface area (Å²) < 4.78 is 72.1. The van der Waals surface area contributed by atoms with Gasteiger partial charge in [-0.15, -0.1) is 0 Å². The molecule has 10 heteroatoms. The van der Waals surface area contributed by atoms with E-state index < -0.39 is 23.5 Å². The molecule has 2 aromatic heterocycles. The van der Waals surface area contributed by atoms with E-state index in [1.165, 1.54) is 41.7 Å². The molecule has 0 radical (unpaired) electrons. The molecule has 1 aliphatic rings. The first-order chi connectivity index (χ1) is 16.3. The Morgan fingerprint density at radius 3 is 2.50 bits per heavy atom. The van der Waals surface area contributed by atoms with Crippen LogP contribution < -0.4 is 0 Å². The van der Waals surface area contributed by atoms with E-state index in [9.17, 15) is 22.0 Å². The number of nitrogens with zero attached hydrogens (tertiary/aromatic N) is 3. The Kier molecular flexibility index (Phi) is 5.61. The summed E-state index contributed by atoms with van der Waals surface area (Å²) in [4.78, 5) is 4.40. The Bertz CT molecular complexity index is 1430. The van der Waals surface area contributed by atoms with Crippen molar-refractivity contribution in [2.45, 2.75) is 6.18 Å². The maximum absolute atomic E-state index is 14.8. The molecule has 0 unspecified atom stereocenters. The number of hydrogen-bond donors (Lipinski definition) is 0. The Labute approximate surface area is 199 Å². The molecule has 0 amide bonds. The lowest BCUT2D eigenvalue weighted by atomic mass is 9.92. The summed E-state index contributed by atoms with van der Waals surface area (Å²) in [5, 5.41) is 7.54. The summed E-state index contributed by atoms with van der Waals surface area (Å²) in [6.07, 6.45) is -3.74. The third-order valence-electron chi connectivity index (χ3n) is 5.36. The van der Waals surface area contributed by atoms with Gasteiger partial charge in [-0.3, -0.25) is 4.99 Å². The second-order valence-corrected chi connectivity index (χ2v) is 8.61. The minimum atomic E-state index is -4.82. The van der Waals surface area contributed by atoms with Gasteiger partial charge in [-0.1, -0.05) is 23.7 Å². The second kappa shape index (κ2) is 8.48. The summed E-state index contributed by atoms with van der Waals surface area (Å²) >= 11 is 7.60. The van der Waals surface area contributed by atoms with Crippen molar-refractivity contribution >= 4 is 39.8 Å². The van der Waals surface area contributed by atoms with Gasteiger partial charge in [-0.2, -0.15) is 29.6 Å². The third-order valence-corrected chi connectivity index (χ3v) is 6.36. The number of aliphatic imine (C=N–C) groups is 1. The average molecular weight is 506 g/mol. The lowest BCUT2D eigenvalue weighted by Crippen LogP contribution is -2.16. The zero-order chi connectivity index (χ0) is 24.0. The molecule has 0 N–H and O–H groups in total. The minimum absolute atomic E-state index is 0.0199. The van der Waals surface area contributed by atoms with Crippen LogP contribution in [0.4, 0.5) is 22.0 Å². The smallest absolute Gasteiger partial charge is 0.279 e. The van der Waals surface area contributed by atoms with E-state index in [2.05, 4.69) is 10.1 Å². The third kappa shape index (κ3) is 3.84. The number of benzene rings is 2. The Morgan fingerprint density at radius 1 is 1.03 bits per heavy atom. The molecule has 1 aliphatic heterocycles. The zero-order valence-corrected chi connectivity index (χ0v) is 18.6. The van der Waals surface area contributed by atoms with E-state index in [0.29, 0.717) is 15.8 Å². The van der Waals surface area contributed by atoms with E-state index in [-0.39, 0.29) is 39.7 Å². The van der Waals surface area contributed by atoms with Crippen LogP contribution in [-0.2, 0) is 6.18 Å². The van der Waals surface area contributed by atoms with Crippen LogP contribution in [0.15, 0.2) is 70.5 Å². The maximum Gasteiger partial charge on any atom is 0.434 e. The van der Waals surface area contributed by atoms with Gasteiger partial charge < -0.3 is 0 Å². The molecule has 172 valence electrons. The molecule has 0 saturated heterocycles. The molecule has 3 nitrogen and oxygen atoms in total. The number of thiophene rings is 1. The topological polar surface area (TPSA) is 30.2 Å². The lowest BCUT2D eigenvalue weighted by Gasteiger charge is -2.15. The van der Waals surface area contributed by atoms with Gasteiger partial charge in [0.1, 0.15) is 11.6 Å². The van der Waals surface area contributed by atoms with Crippen molar-refractivity contribution < 1.29 is 22.0 Å². The van der Waals surface area contributed by atoms with Crippen LogP contribution in [0.25, 0.3) is 16.8 Å². The molecule has 0 aliphatic carbocycles. The molecule has 5 rings (SSSR count). The number of aromatic nitrogens is 2. The largest absolute Gasteiger partial charge is 0.434 e. The van der Waals surface area contributed by atoms with E-state index in [0.717, 1.165) is 18.3 Å². The van der Waals surface area contributed by atoms with Gasteiger partial charge >= 0.3 is 6.18 Å². The van der Waals surface area contributed by atoms with Crippen LogP contribution in [0.5, 0.6) is 0 Å². The van der Waals surface area contributed by atoms with E-state index in [1.54, 1.807) is 16.8 Å². The normalized spacial score (nSPS) is 14.1. The highest BCUT2D eigenvalue weighted by Gasteiger charge is 2.41. The molecule has 34 heavy (non-hydrogen) atoms. The molecular weight excluding hydrogens is 493 g/mol. The highest BCUT2D eigenvalue weighted by molar-refractivity contribution is 7.08. The number of halogens is 6. The van der Waals surface area contributed by atoms with Crippen molar-refractivity contribution in [3.8, 4) is 5.69 Å². The van der Waals surface area contributed by atoms with Crippen molar-refractivity contribution in [1.29, 1.82) is 0 Å². The fraction of sp³-hybridized carbons (Fsp3) is 0.0833. The number of rotatable bonds is 4. The second-order valence-electron chi connectivity index (χ2n) is 7.42. The van der Waals surface area contributed by atoms with Gasteiger partial charge in [0, 0.05) is 11.1 Å². The zero-order valence-electron chi connectivity index (χ0n) is 17.1. The van der Waals surface area contributed by atoms with Crippen LogP contribution in [0.3, 0.4) is 0 Å². The van der Waals surface area contributed by atoms with Gasteiger partial charge in [-0.25, -0.2) is 13.5 Å². The average Bonchev–Trinajstić information content (AvgIpc) is 3.52. The Hall–Kier alpha value is -3.30. The van der Waals surface area contributed by atoms with Crippen LogP contribution >= 0.6 is 22.9 Å². The van der Waals surface area contributed by atoms with Gasteiger partial charge in [0.25, 0.3) is 0 Å². The fourth-order valence-electron chi connectivity index (χ4n) is 3.97. The monoisotopic (exact) mass is 505 g/mol. The molecule has 0 atom stereocenters. The van der Waals surface area contributed by atoms with Crippen molar-refractivity contribution in [3.63, 3.8) is 0 Å². The number of hydrogen-bond acceptors (Lipinski definition) is 3. The van der Waals surface area contributed by atoms with E-state index in [4.69, 9.17) is 11.6 Å². The quantitative estimate of drug-likeness (QED) is 0.268. The number of allylic oxidation sites excluding steroid dienone is 1. The molecule has 3 heterocycles. The van der Waals surface area contributed by atoms with Crippen molar-refractivity contribution in [2.75, 3.05) is 6.54 Å². The number of alkyl halides is 3. The molecule has 0 spiro atoms. The first-order valence-corrected chi connectivity index (χ1v) is 11.2. The molecule has 4 aromatic rings.